The molecule has 0 amide bonds. The Bertz CT molecular complexity index is 2990. The smallest absolute Gasteiger partial charge is 0.156 e. The van der Waals surface area contributed by atoms with Crippen molar-refractivity contribution < 1.29 is 13.5 Å². The molecule has 1 N–H and O–H groups in total. The van der Waals surface area contributed by atoms with E-state index in [4.69, 9.17) is 9.84 Å². The minimum atomic E-state index is -1.14. The number of pyridine rings is 3. The van der Waals surface area contributed by atoms with Crippen molar-refractivity contribution in [3.63, 3.8) is 0 Å². The molecule has 10 aromatic rings. The topological polar surface area (TPSA) is 146 Å². The second-order valence-corrected chi connectivity index (χ2v) is 21.4. The van der Waals surface area contributed by atoms with Crippen molar-refractivity contribution in [2.75, 3.05) is 6.61 Å². The zero-order valence-electron chi connectivity index (χ0n) is 34.7. The van der Waals surface area contributed by atoms with Gasteiger partial charge in [0.15, 0.2) is 16.9 Å². The maximum absolute atomic E-state index is 13.4. The summed E-state index contributed by atoms with van der Waals surface area (Å²) in [7, 11) is -1.14. The minimum absolute atomic E-state index is 0. The highest BCUT2D eigenvalue weighted by Gasteiger charge is 2.16. The van der Waals surface area contributed by atoms with Crippen molar-refractivity contribution in [2.45, 2.75) is 61.1 Å². The van der Waals surface area contributed by atoms with Gasteiger partial charge in [-0.15, -0.1) is 0 Å². The number of aromatic amines is 1. The quantitative estimate of drug-likeness (QED) is 0.110. The first kappa shape index (κ1) is 48.3. The maximum atomic E-state index is 13.4. The Kier molecular flexibility index (Phi) is 16.6. The summed E-state index contributed by atoms with van der Waals surface area (Å²) in [5.41, 5.74) is 9.56. The molecule has 332 valence electrons. The first-order chi connectivity index (χ1) is 30.1. The average molecular weight is 949 g/mol. The summed E-state index contributed by atoms with van der Waals surface area (Å²) in [6, 6.07) is 25.5. The van der Waals surface area contributed by atoms with Gasteiger partial charge in [0.1, 0.15) is 43.0 Å². The van der Waals surface area contributed by atoms with E-state index in [0.29, 0.717) is 6.73 Å². The van der Waals surface area contributed by atoms with Gasteiger partial charge in [0.2, 0.25) is 0 Å². The molecule has 0 aliphatic rings. The number of fused-ring (bicyclic) bond motifs is 3. The number of ether oxygens (including phenoxy) is 1. The number of rotatable bonds is 9. The molecule has 0 aliphatic heterocycles. The van der Waals surface area contributed by atoms with Gasteiger partial charge in [-0.3, -0.25) is 5.10 Å². The molecule has 10 rings (SSSR count). The van der Waals surface area contributed by atoms with Crippen molar-refractivity contribution in [2.24, 2.45) is 0 Å². The molecule has 0 saturated carbocycles. The Labute approximate surface area is 380 Å². The first-order valence-electron chi connectivity index (χ1n) is 19.8. The summed E-state index contributed by atoms with van der Waals surface area (Å²) in [6.07, 6.45) is 13.8. The lowest BCUT2D eigenvalue weighted by Gasteiger charge is -2.15. The molecule has 14 nitrogen and oxygen atoms in total. The molecule has 0 aliphatic carbocycles. The standard InChI is InChI=1S/C21H24FN5OSi.C15H10FN5.C6H4BrN3.C2H6.2CH4/c1-29(2,3)11-10-28-15-26-13-19(17-8-9-27-20(12-17)23-14-24-27)21(25-26)16-4-6-18(22)7-5-16;16-12-3-1-10(2-4-12)15-13(8-18-20-15)11-5-6-21-14(7-11)17-9-19-21;7-5-1-2-10-6(3-5)8-4-9-10;1-2;;/h4-9,12-14H,10-11,15H2,1-3H3;1-9H,(H,18,20);1-4H;1-2H3;2*1H4. The van der Waals surface area contributed by atoms with Crippen LogP contribution in [0.5, 0.6) is 0 Å². The number of halogens is 3. The average Bonchev–Trinajstić information content (AvgIpc) is 4.14. The number of benzene rings is 2. The second-order valence-electron chi connectivity index (χ2n) is 14.8. The van der Waals surface area contributed by atoms with Crippen molar-refractivity contribution in [3.05, 3.63) is 151 Å². The molecule has 0 unspecified atom stereocenters. The molecule has 8 aromatic heterocycles. The first-order valence-corrected chi connectivity index (χ1v) is 24.3. The number of H-pyrrole nitrogens is 1. The molecule has 0 spiro atoms. The second kappa shape index (κ2) is 22.0. The van der Waals surface area contributed by atoms with Crippen LogP contribution in [0.2, 0.25) is 25.7 Å². The van der Waals surface area contributed by atoms with Crippen LogP contribution in [0.1, 0.15) is 28.7 Å². The van der Waals surface area contributed by atoms with E-state index >= 15 is 0 Å². The SMILES string of the molecule is Brc1ccn2ncnc2c1.C.C.CC.C[Si](C)(C)CCOCn1cc(-c2ccn3ncnc3c2)c(-c2ccc(F)cc2)n1.Fc1ccc(-c2[nH]ncc2-c2ccn3ncnc3c2)cc1. The van der Waals surface area contributed by atoms with Crippen molar-refractivity contribution in [1.82, 2.24) is 63.8 Å². The summed E-state index contributed by atoms with van der Waals surface area (Å²) >= 11 is 3.34. The summed E-state index contributed by atoms with van der Waals surface area (Å²) < 4.78 is 40.3. The Balaban J connectivity index is 0.000000192. The largest absolute Gasteiger partial charge is 0.360 e. The van der Waals surface area contributed by atoms with Gasteiger partial charge >= 0.3 is 0 Å². The molecule has 0 fully saturated rings. The fourth-order valence-corrected chi connectivity index (χ4v) is 7.23. The zero-order chi connectivity index (χ0) is 43.6. The lowest BCUT2D eigenvalue weighted by atomic mass is 10.0. The minimum Gasteiger partial charge on any atom is -0.360 e. The van der Waals surface area contributed by atoms with Crippen molar-refractivity contribution in [3.8, 4) is 44.8 Å². The monoisotopic (exact) mass is 947 g/mol. The summed E-state index contributed by atoms with van der Waals surface area (Å²) in [5.74, 6) is -0.529. The van der Waals surface area contributed by atoms with Gasteiger partial charge in [-0.25, -0.2) is 42.0 Å². The zero-order valence-corrected chi connectivity index (χ0v) is 37.3. The molecule has 18 heteroatoms. The molecule has 0 atom stereocenters. The van der Waals surface area contributed by atoms with Crippen LogP contribution in [0.3, 0.4) is 0 Å². The van der Waals surface area contributed by atoms with E-state index in [2.05, 4.69) is 76.0 Å². The fraction of sp³-hybridized carbons (Fsp3) is 0.217. The van der Waals surface area contributed by atoms with Crippen LogP contribution in [0.25, 0.3) is 61.7 Å². The number of hydrogen-bond acceptors (Lipinski definition) is 9. The Morgan fingerprint density at radius 1 is 0.641 bits per heavy atom. The van der Waals surface area contributed by atoms with Crippen LogP contribution in [-0.2, 0) is 11.5 Å². The van der Waals surface area contributed by atoms with Crippen LogP contribution in [0.4, 0.5) is 8.78 Å². The summed E-state index contributed by atoms with van der Waals surface area (Å²) in [5, 5.41) is 24.0. The van der Waals surface area contributed by atoms with E-state index in [0.717, 1.165) is 78.8 Å². The predicted octanol–water partition coefficient (Wildman–Crippen LogP) is 11.4. The fourth-order valence-electron chi connectivity index (χ4n) is 6.15. The molecule has 0 radical (unpaired) electrons. The van der Waals surface area contributed by atoms with Crippen LogP contribution in [0, 0.1) is 11.6 Å². The Hall–Kier alpha value is -6.76. The molecule has 64 heavy (non-hydrogen) atoms. The highest BCUT2D eigenvalue weighted by molar-refractivity contribution is 9.10. The van der Waals surface area contributed by atoms with Crippen LogP contribution >= 0.6 is 15.9 Å². The maximum Gasteiger partial charge on any atom is 0.156 e. The third-order valence-electron chi connectivity index (χ3n) is 9.30. The van der Waals surface area contributed by atoms with E-state index in [9.17, 15) is 8.78 Å². The highest BCUT2D eigenvalue weighted by atomic mass is 79.9. The number of aromatic nitrogens is 13. The number of nitrogens with zero attached hydrogens (tertiary/aromatic N) is 12. The lowest BCUT2D eigenvalue weighted by molar-refractivity contribution is 0.0788. The molecule has 8 heterocycles. The van der Waals surface area contributed by atoms with E-state index in [1.54, 1.807) is 48.7 Å². The van der Waals surface area contributed by atoms with Gasteiger partial charge in [0.05, 0.1) is 11.9 Å². The Morgan fingerprint density at radius 2 is 1.14 bits per heavy atom. The lowest BCUT2D eigenvalue weighted by Crippen LogP contribution is -2.22. The molecule has 2 aromatic carbocycles. The van der Waals surface area contributed by atoms with Crippen LogP contribution < -0.4 is 0 Å². The predicted molar refractivity (Wildman–Crippen MR) is 255 cm³/mol. The van der Waals surface area contributed by atoms with Gasteiger partial charge in [-0.05, 0) is 102 Å². The summed E-state index contributed by atoms with van der Waals surface area (Å²) in [4.78, 5) is 12.4. The van der Waals surface area contributed by atoms with E-state index < -0.39 is 8.07 Å². The number of nitrogens with one attached hydrogen (secondary N) is 1. The third-order valence-corrected chi connectivity index (χ3v) is 11.5. The van der Waals surface area contributed by atoms with E-state index in [1.807, 2.05) is 75.0 Å². The van der Waals surface area contributed by atoms with Crippen molar-refractivity contribution in [1.29, 1.82) is 0 Å². The Morgan fingerprint density at radius 3 is 1.69 bits per heavy atom. The normalized spacial score (nSPS) is 10.8. The van der Waals surface area contributed by atoms with Crippen molar-refractivity contribution >= 4 is 40.9 Å². The van der Waals surface area contributed by atoms with Gasteiger partial charge in [-0.1, -0.05) is 64.3 Å². The van der Waals surface area contributed by atoms with Crippen LogP contribution in [-0.4, -0.2) is 78.5 Å². The van der Waals surface area contributed by atoms with E-state index in [1.165, 1.54) is 43.2 Å². The summed E-state index contributed by atoms with van der Waals surface area (Å²) in [6.45, 7) is 12.1. The molecule has 0 bridgehead atoms. The van der Waals surface area contributed by atoms with Gasteiger partial charge < -0.3 is 4.74 Å². The van der Waals surface area contributed by atoms with Crippen LogP contribution in [0.15, 0.2) is 139 Å². The van der Waals surface area contributed by atoms with Gasteiger partial charge in [0.25, 0.3) is 0 Å². The molecule has 0 saturated heterocycles. The third kappa shape index (κ3) is 12.0. The van der Waals surface area contributed by atoms with Gasteiger partial charge in [-0.2, -0.15) is 25.5 Å². The number of hydrogen-bond donors (Lipinski definition) is 1. The van der Waals surface area contributed by atoms with Gasteiger partial charge in [0, 0.05) is 66.2 Å². The molecular formula is C46H52BrF2N13OSi. The molecular weight excluding hydrogens is 897 g/mol. The van der Waals surface area contributed by atoms with E-state index in [-0.39, 0.29) is 26.5 Å². The highest BCUT2D eigenvalue weighted by Crippen LogP contribution is 2.32.